The van der Waals surface area contributed by atoms with E-state index in [1.165, 1.54) is 5.56 Å². The third-order valence-electron chi connectivity index (χ3n) is 3.53. The van der Waals surface area contributed by atoms with Crippen LogP contribution in [0.4, 0.5) is 0 Å². The van der Waals surface area contributed by atoms with Crippen molar-refractivity contribution in [3.05, 3.63) is 35.4 Å². The van der Waals surface area contributed by atoms with Crippen molar-refractivity contribution in [3.63, 3.8) is 0 Å². The molecular weight excluding hydrogens is 256 g/mol. The number of amides is 2. The van der Waals surface area contributed by atoms with E-state index in [1.807, 2.05) is 31.2 Å². The van der Waals surface area contributed by atoms with E-state index in [2.05, 4.69) is 0 Å². The van der Waals surface area contributed by atoms with Crippen molar-refractivity contribution in [2.45, 2.75) is 38.5 Å². The molecule has 20 heavy (non-hydrogen) atoms. The van der Waals surface area contributed by atoms with Gasteiger partial charge in [-0.3, -0.25) is 9.59 Å². The summed E-state index contributed by atoms with van der Waals surface area (Å²) in [6.45, 7) is 2.55. The first kappa shape index (κ1) is 14.5. The molecule has 0 aliphatic carbocycles. The molecule has 2 amide bonds. The lowest BCUT2D eigenvalue weighted by molar-refractivity contribution is -0.145. The Morgan fingerprint density at radius 3 is 2.40 bits per heavy atom. The molecule has 1 aromatic rings. The Bertz CT molecular complexity index is 498. The minimum atomic E-state index is -0.628. The van der Waals surface area contributed by atoms with Gasteiger partial charge in [-0.25, -0.2) is 0 Å². The molecule has 0 spiro atoms. The van der Waals surface area contributed by atoms with Crippen LogP contribution in [0.25, 0.3) is 0 Å². The maximum atomic E-state index is 12.2. The summed E-state index contributed by atoms with van der Waals surface area (Å²) < 4.78 is 5.40. The fourth-order valence-corrected chi connectivity index (χ4v) is 2.32. The Morgan fingerprint density at radius 1 is 1.25 bits per heavy atom. The van der Waals surface area contributed by atoms with Gasteiger partial charge in [-0.15, -0.1) is 0 Å². The summed E-state index contributed by atoms with van der Waals surface area (Å²) >= 11 is 0. The van der Waals surface area contributed by atoms with Crippen molar-refractivity contribution in [1.29, 1.82) is 0 Å². The normalized spacial score (nSPS) is 21.7. The van der Waals surface area contributed by atoms with E-state index in [-0.39, 0.29) is 5.91 Å². The summed E-state index contributed by atoms with van der Waals surface area (Å²) in [6, 6.07) is 8.04. The highest BCUT2D eigenvalue weighted by Gasteiger charge is 2.35. The van der Waals surface area contributed by atoms with Crippen molar-refractivity contribution in [2.75, 3.05) is 7.05 Å². The van der Waals surface area contributed by atoms with Crippen LogP contribution in [0.5, 0.6) is 0 Å². The summed E-state index contributed by atoms with van der Waals surface area (Å²) in [5.74, 6) is -0.601. The number of likely N-dealkylation sites (N-methyl/N-ethyl adjacent to an activating group) is 1. The first-order chi connectivity index (χ1) is 9.47. The van der Waals surface area contributed by atoms with Crippen molar-refractivity contribution >= 4 is 11.8 Å². The van der Waals surface area contributed by atoms with E-state index in [0.29, 0.717) is 19.4 Å². The first-order valence-corrected chi connectivity index (χ1v) is 6.72. The number of ether oxygens (including phenoxy) is 1. The van der Waals surface area contributed by atoms with E-state index in [1.54, 1.807) is 11.9 Å². The van der Waals surface area contributed by atoms with Gasteiger partial charge >= 0.3 is 0 Å². The minimum Gasteiger partial charge on any atom is -0.367 e. The Morgan fingerprint density at radius 2 is 1.85 bits per heavy atom. The van der Waals surface area contributed by atoms with Gasteiger partial charge < -0.3 is 15.4 Å². The number of carbonyl (C=O) groups excluding carboxylic acids is 2. The van der Waals surface area contributed by atoms with Crippen LogP contribution in [-0.2, 0) is 20.9 Å². The second-order valence-corrected chi connectivity index (χ2v) is 5.27. The molecule has 0 saturated carbocycles. The summed E-state index contributed by atoms with van der Waals surface area (Å²) in [5.41, 5.74) is 7.44. The van der Waals surface area contributed by atoms with Crippen LogP contribution in [0.3, 0.4) is 0 Å². The maximum absolute atomic E-state index is 12.2. The second kappa shape index (κ2) is 6.05. The molecule has 1 fully saturated rings. The van der Waals surface area contributed by atoms with Crippen LogP contribution in [0.15, 0.2) is 24.3 Å². The third kappa shape index (κ3) is 3.36. The van der Waals surface area contributed by atoms with Crippen molar-refractivity contribution in [3.8, 4) is 0 Å². The number of hydrogen-bond acceptors (Lipinski definition) is 3. The fraction of sp³-hybridized carbons (Fsp3) is 0.467. The molecule has 0 bridgehead atoms. The zero-order valence-corrected chi connectivity index (χ0v) is 11.8. The maximum Gasteiger partial charge on any atom is 0.251 e. The van der Waals surface area contributed by atoms with Gasteiger partial charge in [0.1, 0.15) is 12.2 Å². The monoisotopic (exact) mass is 276 g/mol. The van der Waals surface area contributed by atoms with Gasteiger partial charge in [0.05, 0.1) is 0 Å². The Kier molecular flexibility index (Phi) is 4.39. The number of aryl methyl sites for hydroxylation is 1. The van der Waals surface area contributed by atoms with Crippen molar-refractivity contribution in [1.82, 2.24) is 4.90 Å². The molecule has 5 nitrogen and oxygen atoms in total. The minimum absolute atomic E-state index is 0.102. The smallest absolute Gasteiger partial charge is 0.251 e. The van der Waals surface area contributed by atoms with E-state index in [0.717, 1.165) is 5.56 Å². The number of nitrogens with zero attached hydrogens (tertiary/aromatic N) is 1. The number of hydrogen-bond donors (Lipinski definition) is 1. The van der Waals surface area contributed by atoms with Gasteiger partial charge in [-0.2, -0.15) is 0 Å². The van der Waals surface area contributed by atoms with Gasteiger partial charge in [0.25, 0.3) is 5.91 Å². The number of carbonyl (C=O) groups is 2. The number of rotatable bonds is 4. The lowest BCUT2D eigenvalue weighted by Gasteiger charge is -2.21. The SMILES string of the molecule is Cc1ccc(CN(C)C(=O)[C@H]2CC[C@@H](C(N)=O)O2)cc1. The topological polar surface area (TPSA) is 72.6 Å². The standard InChI is InChI=1S/C15H20N2O3/c1-10-3-5-11(6-4-10)9-17(2)15(19)13-8-7-12(20-13)14(16)18/h3-6,12-13H,7-9H2,1-2H3,(H2,16,18)/t12-,13+/m0/s1. The fourth-order valence-electron chi connectivity index (χ4n) is 2.32. The highest BCUT2D eigenvalue weighted by Crippen LogP contribution is 2.21. The molecule has 1 aliphatic heterocycles. The summed E-state index contributed by atoms with van der Waals surface area (Å²) in [5, 5.41) is 0. The molecule has 1 aromatic carbocycles. The summed E-state index contributed by atoms with van der Waals surface area (Å²) in [4.78, 5) is 24.9. The number of primary amides is 1. The van der Waals surface area contributed by atoms with E-state index in [9.17, 15) is 9.59 Å². The molecule has 1 saturated heterocycles. The van der Waals surface area contributed by atoms with Gasteiger partial charge in [-0.1, -0.05) is 29.8 Å². The van der Waals surface area contributed by atoms with Gasteiger partial charge in [-0.05, 0) is 25.3 Å². The Hall–Kier alpha value is -1.88. The zero-order chi connectivity index (χ0) is 14.7. The summed E-state index contributed by atoms with van der Waals surface area (Å²) in [6.07, 6.45) is -0.117. The van der Waals surface area contributed by atoms with Crippen molar-refractivity contribution < 1.29 is 14.3 Å². The van der Waals surface area contributed by atoms with Crippen LogP contribution in [-0.4, -0.2) is 36.0 Å². The number of benzene rings is 1. The molecule has 0 aromatic heterocycles. The molecular formula is C15H20N2O3. The van der Waals surface area contributed by atoms with Crippen LogP contribution >= 0.6 is 0 Å². The largest absolute Gasteiger partial charge is 0.367 e. The van der Waals surface area contributed by atoms with Crippen LogP contribution in [0.1, 0.15) is 24.0 Å². The van der Waals surface area contributed by atoms with E-state index in [4.69, 9.17) is 10.5 Å². The third-order valence-corrected chi connectivity index (χ3v) is 3.53. The molecule has 5 heteroatoms. The highest BCUT2D eigenvalue weighted by atomic mass is 16.5. The Balaban J connectivity index is 1.92. The summed E-state index contributed by atoms with van der Waals surface area (Å²) in [7, 11) is 1.74. The number of nitrogens with two attached hydrogens (primary N) is 1. The zero-order valence-electron chi connectivity index (χ0n) is 11.8. The molecule has 2 rings (SSSR count). The lowest BCUT2D eigenvalue weighted by atomic mass is 10.1. The first-order valence-electron chi connectivity index (χ1n) is 6.72. The second-order valence-electron chi connectivity index (χ2n) is 5.27. The molecule has 1 aliphatic rings. The van der Waals surface area contributed by atoms with Gasteiger partial charge in [0, 0.05) is 13.6 Å². The Labute approximate surface area is 118 Å². The van der Waals surface area contributed by atoms with Gasteiger partial charge in [0.2, 0.25) is 5.91 Å². The predicted octanol–water partition coefficient (Wildman–Crippen LogP) is 0.986. The van der Waals surface area contributed by atoms with Gasteiger partial charge in [0.15, 0.2) is 0 Å². The molecule has 108 valence electrons. The molecule has 1 heterocycles. The average molecular weight is 276 g/mol. The molecule has 2 N–H and O–H groups in total. The van der Waals surface area contributed by atoms with Crippen LogP contribution in [0.2, 0.25) is 0 Å². The quantitative estimate of drug-likeness (QED) is 0.891. The lowest BCUT2D eigenvalue weighted by Crippen LogP contribution is -2.37. The predicted molar refractivity (Wildman–Crippen MR) is 74.7 cm³/mol. The molecule has 2 atom stereocenters. The molecule has 0 radical (unpaired) electrons. The molecule has 0 unspecified atom stereocenters. The van der Waals surface area contributed by atoms with E-state index < -0.39 is 18.1 Å². The van der Waals surface area contributed by atoms with Crippen LogP contribution in [0, 0.1) is 6.92 Å². The highest BCUT2D eigenvalue weighted by molar-refractivity contribution is 5.84. The van der Waals surface area contributed by atoms with Crippen molar-refractivity contribution in [2.24, 2.45) is 5.73 Å². The van der Waals surface area contributed by atoms with E-state index >= 15 is 0 Å². The average Bonchev–Trinajstić information content (AvgIpc) is 2.90. The van der Waals surface area contributed by atoms with Crippen LogP contribution < -0.4 is 5.73 Å².